The molecule has 2 aromatic rings. The fourth-order valence-electron chi connectivity index (χ4n) is 3.04. The number of hydrogen-bond donors (Lipinski definition) is 1. The van der Waals surface area contributed by atoms with E-state index in [-0.39, 0.29) is 0 Å². The third-order valence-electron chi connectivity index (χ3n) is 4.68. The fourth-order valence-corrected chi connectivity index (χ4v) is 3.70. The molecule has 0 aliphatic heterocycles. The summed E-state index contributed by atoms with van der Waals surface area (Å²) in [5.74, 6) is 3.22. The molecule has 0 amide bonds. The van der Waals surface area contributed by atoms with E-state index < -0.39 is 0 Å². The van der Waals surface area contributed by atoms with Crippen LogP contribution in [0.4, 0.5) is 5.82 Å². The molecule has 2 fully saturated rings. The molecule has 0 radical (unpaired) electrons. The number of nitrogens with two attached hydrogens (primary N) is 1. The second-order valence-corrected chi connectivity index (χ2v) is 7.48. The lowest BCUT2D eigenvalue weighted by Gasteiger charge is -2.32. The van der Waals surface area contributed by atoms with Gasteiger partial charge in [0.2, 0.25) is 0 Å². The van der Waals surface area contributed by atoms with Crippen molar-refractivity contribution in [2.75, 3.05) is 11.9 Å². The maximum atomic E-state index is 5.95. The lowest BCUT2D eigenvalue weighted by Crippen LogP contribution is -2.35. The van der Waals surface area contributed by atoms with E-state index in [2.05, 4.69) is 34.8 Å². The zero-order valence-electron chi connectivity index (χ0n) is 12.9. The first-order valence-electron chi connectivity index (χ1n) is 8.05. The highest BCUT2D eigenvalue weighted by molar-refractivity contribution is 7.07. The van der Waals surface area contributed by atoms with E-state index in [1.165, 1.54) is 24.1 Å². The van der Waals surface area contributed by atoms with Crippen molar-refractivity contribution >= 4 is 17.2 Å². The van der Waals surface area contributed by atoms with Gasteiger partial charge in [0.15, 0.2) is 0 Å². The predicted molar refractivity (Wildman–Crippen MR) is 90.4 cm³/mol. The number of nitrogens with zero attached hydrogens (tertiary/aromatic N) is 3. The summed E-state index contributed by atoms with van der Waals surface area (Å²) in [6.07, 6.45) is 4.60. The van der Waals surface area contributed by atoms with Crippen LogP contribution in [0.15, 0.2) is 22.9 Å². The zero-order valence-corrected chi connectivity index (χ0v) is 13.7. The van der Waals surface area contributed by atoms with Crippen molar-refractivity contribution in [1.82, 2.24) is 9.97 Å². The summed E-state index contributed by atoms with van der Waals surface area (Å²) in [6.45, 7) is 0.897. The molecular formula is C17H22N4S. The molecule has 0 spiro atoms. The van der Waals surface area contributed by atoms with Gasteiger partial charge < -0.3 is 10.6 Å². The van der Waals surface area contributed by atoms with Gasteiger partial charge in [-0.25, -0.2) is 9.97 Å². The third-order valence-corrected chi connectivity index (χ3v) is 5.41. The van der Waals surface area contributed by atoms with E-state index in [4.69, 9.17) is 15.7 Å². The quantitative estimate of drug-likeness (QED) is 0.920. The lowest BCUT2D eigenvalue weighted by molar-refractivity contribution is 0.344. The van der Waals surface area contributed by atoms with Crippen LogP contribution in [0.1, 0.15) is 54.6 Å². The Balaban J connectivity index is 1.59. The summed E-state index contributed by atoms with van der Waals surface area (Å²) in [5, 5.41) is 4.32. The molecule has 2 N–H and O–H groups in total. The number of anilines is 1. The maximum absolute atomic E-state index is 5.95. The largest absolute Gasteiger partial charge is 0.355 e. The van der Waals surface area contributed by atoms with Crippen molar-refractivity contribution in [2.24, 2.45) is 5.73 Å². The number of rotatable bonds is 5. The molecule has 0 saturated heterocycles. The first-order chi connectivity index (χ1) is 10.7. The van der Waals surface area contributed by atoms with Crippen LogP contribution in [0.2, 0.25) is 0 Å². The van der Waals surface area contributed by atoms with Crippen LogP contribution in [-0.4, -0.2) is 23.1 Å². The molecule has 22 heavy (non-hydrogen) atoms. The molecule has 2 aliphatic carbocycles. The van der Waals surface area contributed by atoms with Crippen LogP contribution in [0.25, 0.3) is 0 Å². The molecule has 0 bridgehead atoms. The van der Waals surface area contributed by atoms with E-state index in [0.717, 1.165) is 31.0 Å². The van der Waals surface area contributed by atoms with Crippen molar-refractivity contribution in [3.63, 3.8) is 0 Å². The summed E-state index contributed by atoms with van der Waals surface area (Å²) in [7, 11) is 2.12. The lowest BCUT2D eigenvalue weighted by atomic mass is 9.78. The Hall–Kier alpha value is -1.46. The minimum Gasteiger partial charge on any atom is -0.355 e. The Kier molecular flexibility index (Phi) is 3.62. The summed E-state index contributed by atoms with van der Waals surface area (Å²) in [5.41, 5.74) is 8.49. The van der Waals surface area contributed by atoms with Gasteiger partial charge in [0.1, 0.15) is 11.6 Å². The van der Waals surface area contributed by atoms with Gasteiger partial charge in [-0.1, -0.05) is 0 Å². The highest BCUT2D eigenvalue weighted by Crippen LogP contribution is 2.41. The van der Waals surface area contributed by atoms with Gasteiger partial charge in [0.05, 0.1) is 0 Å². The van der Waals surface area contributed by atoms with Gasteiger partial charge in [0, 0.05) is 43.2 Å². The Morgan fingerprint density at radius 3 is 2.73 bits per heavy atom. The Morgan fingerprint density at radius 1 is 1.27 bits per heavy atom. The molecule has 116 valence electrons. The van der Waals surface area contributed by atoms with Crippen molar-refractivity contribution in [3.8, 4) is 0 Å². The van der Waals surface area contributed by atoms with E-state index in [9.17, 15) is 0 Å². The summed E-state index contributed by atoms with van der Waals surface area (Å²) in [4.78, 5) is 11.9. The molecule has 0 unspecified atom stereocenters. The van der Waals surface area contributed by atoms with Gasteiger partial charge in [-0.15, -0.1) is 0 Å². The van der Waals surface area contributed by atoms with Gasteiger partial charge in [-0.05, 0) is 48.1 Å². The van der Waals surface area contributed by atoms with E-state index in [1.807, 2.05) is 0 Å². The van der Waals surface area contributed by atoms with Gasteiger partial charge in [-0.2, -0.15) is 11.3 Å². The summed E-state index contributed by atoms with van der Waals surface area (Å²) < 4.78 is 0. The molecule has 2 heterocycles. The molecular weight excluding hydrogens is 292 g/mol. The first kappa shape index (κ1) is 14.2. The number of thiophene rings is 1. The van der Waals surface area contributed by atoms with Gasteiger partial charge in [0.25, 0.3) is 0 Å². The van der Waals surface area contributed by atoms with Gasteiger partial charge >= 0.3 is 0 Å². The van der Waals surface area contributed by atoms with E-state index in [0.29, 0.717) is 17.9 Å². The average molecular weight is 314 g/mol. The van der Waals surface area contributed by atoms with Crippen LogP contribution < -0.4 is 10.6 Å². The molecule has 2 aliphatic rings. The highest BCUT2D eigenvalue weighted by Gasteiger charge is 2.32. The number of aromatic nitrogens is 2. The maximum Gasteiger partial charge on any atom is 0.134 e. The minimum atomic E-state index is 0.358. The summed E-state index contributed by atoms with van der Waals surface area (Å²) >= 11 is 1.74. The molecule has 5 heteroatoms. The second kappa shape index (κ2) is 5.63. The second-order valence-electron chi connectivity index (χ2n) is 6.70. The van der Waals surface area contributed by atoms with Crippen LogP contribution in [0, 0.1) is 0 Å². The van der Waals surface area contributed by atoms with Crippen LogP contribution >= 0.6 is 11.3 Å². The van der Waals surface area contributed by atoms with Crippen LogP contribution in [0.3, 0.4) is 0 Å². The third kappa shape index (κ3) is 2.88. The average Bonchev–Trinajstić information content (AvgIpc) is 3.22. The smallest absolute Gasteiger partial charge is 0.134 e. The van der Waals surface area contributed by atoms with Crippen molar-refractivity contribution < 1.29 is 0 Å². The molecule has 0 atom stereocenters. The number of hydrogen-bond acceptors (Lipinski definition) is 5. The molecule has 0 aromatic carbocycles. The standard InChI is InChI=1S/C17H22N4S/c1-21(9-11-4-5-22-10-11)16-8-15(13-6-14(18)7-13)19-17(20-16)12-2-3-12/h4-5,8,10,12-14H,2-3,6-7,9,18H2,1H3. The van der Waals surface area contributed by atoms with E-state index in [1.54, 1.807) is 11.3 Å². The highest BCUT2D eigenvalue weighted by atomic mass is 32.1. The molecule has 4 nitrogen and oxygen atoms in total. The zero-order chi connectivity index (χ0) is 15.1. The molecule has 2 saturated carbocycles. The summed E-state index contributed by atoms with van der Waals surface area (Å²) in [6, 6.07) is 4.71. The van der Waals surface area contributed by atoms with Crippen LogP contribution in [0.5, 0.6) is 0 Å². The normalized spacial score (nSPS) is 24.1. The van der Waals surface area contributed by atoms with Crippen molar-refractivity contribution in [1.29, 1.82) is 0 Å². The Morgan fingerprint density at radius 2 is 2.09 bits per heavy atom. The Labute approximate surface area is 135 Å². The minimum absolute atomic E-state index is 0.358. The SMILES string of the molecule is CN(Cc1ccsc1)c1cc(C2CC(N)C2)nc(C2CC2)n1. The van der Waals surface area contributed by atoms with Crippen molar-refractivity contribution in [2.45, 2.75) is 50.1 Å². The van der Waals surface area contributed by atoms with Crippen LogP contribution in [-0.2, 0) is 6.54 Å². The Bertz CT molecular complexity index is 645. The molecule has 2 aromatic heterocycles. The predicted octanol–water partition coefficient (Wildman–Crippen LogP) is 3.26. The topological polar surface area (TPSA) is 55.0 Å². The molecule has 4 rings (SSSR count). The van der Waals surface area contributed by atoms with Gasteiger partial charge in [-0.3, -0.25) is 0 Å². The monoisotopic (exact) mass is 314 g/mol. The fraction of sp³-hybridized carbons (Fsp3) is 0.529. The van der Waals surface area contributed by atoms with E-state index >= 15 is 0 Å². The van der Waals surface area contributed by atoms with Crippen molar-refractivity contribution in [3.05, 3.63) is 40.0 Å². The first-order valence-corrected chi connectivity index (χ1v) is 9.00.